The van der Waals surface area contributed by atoms with E-state index in [2.05, 4.69) is 21.3 Å². The fourth-order valence-corrected chi connectivity index (χ4v) is 3.02. The molecule has 0 saturated carbocycles. The molecule has 3 amide bonds. The zero-order valence-electron chi connectivity index (χ0n) is 18.7. The maximum absolute atomic E-state index is 12.9. The van der Waals surface area contributed by atoms with E-state index in [0.717, 1.165) is 12.1 Å². The van der Waals surface area contributed by atoms with E-state index in [1.165, 1.54) is 24.3 Å². The van der Waals surface area contributed by atoms with Crippen molar-refractivity contribution in [3.8, 4) is 0 Å². The van der Waals surface area contributed by atoms with E-state index in [1.807, 2.05) is 0 Å². The summed E-state index contributed by atoms with van der Waals surface area (Å²) in [7, 11) is 0. The smallest absolute Gasteiger partial charge is 0.376 e. The van der Waals surface area contributed by atoms with Gasteiger partial charge in [-0.1, -0.05) is 19.1 Å². The summed E-state index contributed by atoms with van der Waals surface area (Å²) in [6, 6.07) is 17.2. The second-order valence-electron chi connectivity index (χ2n) is 7.49. The molecule has 0 saturated heterocycles. The van der Waals surface area contributed by atoms with Crippen LogP contribution in [0.25, 0.3) is 0 Å². The number of hydrogen-bond donors (Lipinski definition) is 4. The van der Waals surface area contributed by atoms with Gasteiger partial charge in [-0.3, -0.25) is 14.4 Å². The first-order chi connectivity index (χ1) is 16.6. The van der Waals surface area contributed by atoms with Crippen molar-refractivity contribution in [2.45, 2.75) is 19.5 Å². The number of halogens is 3. The first-order valence-corrected chi connectivity index (χ1v) is 10.7. The highest BCUT2D eigenvalue weighted by atomic mass is 19.4. The lowest BCUT2D eigenvalue weighted by molar-refractivity contribution is -0.137. The van der Waals surface area contributed by atoms with Crippen LogP contribution in [0.15, 0.2) is 72.8 Å². The molecule has 0 aliphatic carbocycles. The van der Waals surface area contributed by atoms with Gasteiger partial charge in [0, 0.05) is 34.7 Å². The molecular weight excluding hydrogens is 461 g/mol. The van der Waals surface area contributed by atoms with Gasteiger partial charge in [-0.15, -0.1) is 0 Å². The Kier molecular flexibility index (Phi) is 8.08. The van der Waals surface area contributed by atoms with Crippen LogP contribution in [0.1, 0.15) is 29.3 Å². The summed E-state index contributed by atoms with van der Waals surface area (Å²) in [6.45, 7) is 1.70. The minimum absolute atomic E-state index is 0.00347. The van der Waals surface area contributed by atoms with Crippen LogP contribution < -0.4 is 21.3 Å². The Bertz CT molecular complexity index is 1210. The average Bonchev–Trinajstić information content (AvgIpc) is 2.83. The summed E-state index contributed by atoms with van der Waals surface area (Å²) in [5.74, 6) is -1.09. The molecule has 0 heterocycles. The number of rotatable bonds is 8. The Morgan fingerprint density at radius 1 is 0.714 bits per heavy atom. The quantitative estimate of drug-likeness (QED) is 0.346. The van der Waals surface area contributed by atoms with Crippen LogP contribution in [0.5, 0.6) is 0 Å². The summed E-state index contributed by atoms with van der Waals surface area (Å²) >= 11 is 0. The van der Waals surface area contributed by atoms with Crippen LogP contribution in [-0.4, -0.2) is 24.3 Å². The van der Waals surface area contributed by atoms with E-state index in [1.54, 1.807) is 43.3 Å². The normalized spacial score (nSPS) is 10.9. The Hall–Kier alpha value is -4.34. The van der Waals surface area contributed by atoms with Crippen molar-refractivity contribution < 1.29 is 27.6 Å². The van der Waals surface area contributed by atoms with Gasteiger partial charge in [0.25, 0.3) is 5.91 Å². The highest BCUT2D eigenvalue weighted by Crippen LogP contribution is 2.30. The van der Waals surface area contributed by atoms with Gasteiger partial charge < -0.3 is 21.3 Å². The summed E-state index contributed by atoms with van der Waals surface area (Å²) < 4.78 is 38.6. The third kappa shape index (κ3) is 7.60. The van der Waals surface area contributed by atoms with Crippen molar-refractivity contribution >= 4 is 40.5 Å². The van der Waals surface area contributed by atoms with Crippen molar-refractivity contribution in [1.82, 2.24) is 0 Å². The first-order valence-electron chi connectivity index (χ1n) is 10.7. The number of carbonyl (C=O) groups excluding carboxylic acids is 3. The fourth-order valence-electron chi connectivity index (χ4n) is 3.02. The molecule has 0 spiro atoms. The second-order valence-corrected chi connectivity index (χ2v) is 7.49. The van der Waals surface area contributed by atoms with Crippen LogP contribution >= 0.6 is 0 Å². The van der Waals surface area contributed by atoms with E-state index in [4.69, 9.17) is 0 Å². The molecule has 0 radical (unpaired) electrons. The lowest BCUT2D eigenvalue weighted by atomic mass is 10.1. The van der Waals surface area contributed by atoms with Gasteiger partial charge in [0.15, 0.2) is 0 Å². The second kappa shape index (κ2) is 11.2. The number of nitrogens with one attached hydrogen (secondary N) is 4. The standard InChI is InChI=1S/C25H23F3N4O3/c1-2-22(33)30-19-11-9-18(10-12-19)29-15-23(34)31-20-7-3-5-16(13-20)24(35)32-21-8-4-6-17(14-21)25(26,27)28/h3-14,29H,2,15H2,1H3,(H,30,33)(H,31,34)(H,32,35). The Morgan fingerprint density at radius 2 is 1.31 bits per heavy atom. The minimum atomic E-state index is -4.52. The molecule has 0 atom stereocenters. The fraction of sp³-hybridized carbons (Fsp3) is 0.160. The van der Waals surface area contributed by atoms with Crippen LogP contribution in [0, 0.1) is 0 Å². The molecule has 3 rings (SSSR count). The van der Waals surface area contributed by atoms with Crippen LogP contribution in [0.3, 0.4) is 0 Å². The molecule has 4 N–H and O–H groups in total. The molecule has 0 unspecified atom stereocenters. The predicted molar refractivity (Wildman–Crippen MR) is 128 cm³/mol. The lowest BCUT2D eigenvalue weighted by Gasteiger charge is -2.11. The zero-order valence-corrected chi connectivity index (χ0v) is 18.7. The molecule has 10 heteroatoms. The van der Waals surface area contributed by atoms with E-state index in [-0.39, 0.29) is 29.6 Å². The molecule has 7 nitrogen and oxygen atoms in total. The summed E-state index contributed by atoms with van der Waals surface area (Å²) in [5.41, 5.74) is 0.966. The third-order valence-electron chi connectivity index (χ3n) is 4.80. The number of anilines is 4. The molecule has 3 aromatic carbocycles. The van der Waals surface area contributed by atoms with Crippen molar-refractivity contribution in [2.24, 2.45) is 0 Å². The van der Waals surface area contributed by atoms with Crippen molar-refractivity contribution in [1.29, 1.82) is 0 Å². The zero-order chi connectivity index (χ0) is 25.4. The molecule has 0 fully saturated rings. The average molecular weight is 484 g/mol. The Labute approximate surface area is 199 Å². The van der Waals surface area contributed by atoms with Gasteiger partial charge in [-0.2, -0.15) is 13.2 Å². The van der Waals surface area contributed by atoms with Crippen molar-refractivity contribution in [3.05, 3.63) is 83.9 Å². The van der Waals surface area contributed by atoms with E-state index in [0.29, 0.717) is 23.5 Å². The number of hydrogen-bond acceptors (Lipinski definition) is 4. The maximum atomic E-state index is 12.9. The predicted octanol–water partition coefficient (Wildman–Crippen LogP) is 5.36. The van der Waals surface area contributed by atoms with Gasteiger partial charge in [-0.05, 0) is 60.7 Å². The van der Waals surface area contributed by atoms with Gasteiger partial charge in [0.1, 0.15) is 0 Å². The largest absolute Gasteiger partial charge is 0.416 e. The van der Waals surface area contributed by atoms with E-state index >= 15 is 0 Å². The van der Waals surface area contributed by atoms with Gasteiger partial charge in [0.05, 0.1) is 12.1 Å². The molecule has 3 aromatic rings. The van der Waals surface area contributed by atoms with Gasteiger partial charge in [-0.25, -0.2) is 0 Å². The summed E-state index contributed by atoms with van der Waals surface area (Å²) in [5, 5.41) is 10.8. The number of alkyl halides is 3. The maximum Gasteiger partial charge on any atom is 0.416 e. The van der Waals surface area contributed by atoms with Gasteiger partial charge >= 0.3 is 6.18 Å². The molecule has 0 aromatic heterocycles. The third-order valence-corrected chi connectivity index (χ3v) is 4.80. The van der Waals surface area contributed by atoms with E-state index in [9.17, 15) is 27.6 Å². The van der Waals surface area contributed by atoms with Crippen LogP contribution in [0.2, 0.25) is 0 Å². The Morgan fingerprint density at radius 3 is 1.97 bits per heavy atom. The summed E-state index contributed by atoms with van der Waals surface area (Å²) in [6.07, 6.45) is -4.15. The van der Waals surface area contributed by atoms with Crippen molar-refractivity contribution in [2.75, 3.05) is 27.8 Å². The number of benzene rings is 3. The van der Waals surface area contributed by atoms with Crippen LogP contribution in [0.4, 0.5) is 35.9 Å². The molecule has 0 aliphatic rings. The SMILES string of the molecule is CCC(=O)Nc1ccc(NCC(=O)Nc2cccc(C(=O)Nc3cccc(C(F)(F)F)c3)c2)cc1. The molecule has 182 valence electrons. The first kappa shape index (κ1) is 25.3. The Balaban J connectivity index is 1.55. The number of carbonyl (C=O) groups is 3. The highest BCUT2D eigenvalue weighted by molar-refractivity contribution is 6.05. The highest BCUT2D eigenvalue weighted by Gasteiger charge is 2.30. The topological polar surface area (TPSA) is 99.3 Å². The molecule has 0 aliphatic heterocycles. The number of amides is 3. The monoisotopic (exact) mass is 484 g/mol. The van der Waals surface area contributed by atoms with E-state index < -0.39 is 17.6 Å². The molecule has 35 heavy (non-hydrogen) atoms. The molecule has 0 bridgehead atoms. The van der Waals surface area contributed by atoms with Crippen molar-refractivity contribution in [3.63, 3.8) is 0 Å². The van der Waals surface area contributed by atoms with Crippen LogP contribution in [-0.2, 0) is 15.8 Å². The van der Waals surface area contributed by atoms with Gasteiger partial charge in [0.2, 0.25) is 11.8 Å². The summed E-state index contributed by atoms with van der Waals surface area (Å²) in [4.78, 5) is 36.2. The minimum Gasteiger partial charge on any atom is -0.376 e. The molecular formula is C25H23F3N4O3. The lowest BCUT2D eigenvalue weighted by Crippen LogP contribution is -2.22.